The number of rotatable bonds is 9. The molecular formula is C28H29N3O3. The largest absolute Gasteiger partial charge is 0.494 e. The molecule has 0 saturated heterocycles. The minimum absolute atomic E-state index is 0.0832. The minimum Gasteiger partial charge on any atom is -0.494 e. The fourth-order valence-electron chi connectivity index (χ4n) is 4.00. The van der Waals surface area contributed by atoms with Gasteiger partial charge in [-0.25, -0.2) is 0 Å². The lowest BCUT2D eigenvalue weighted by atomic mass is 10.1. The first kappa shape index (κ1) is 23.3. The lowest BCUT2D eigenvalue weighted by molar-refractivity contribution is 0.0949. The molecule has 174 valence electrons. The molecule has 1 heterocycles. The Hall–Kier alpha value is -3.90. The highest BCUT2D eigenvalue weighted by Gasteiger charge is 2.14. The van der Waals surface area contributed by atoms with Crippen molar-refractivity contribution in [3.8, 4) is 5.75 Å². The van der Waals surface area contributed by atoms with Crippen LogP contribution in [-0.2, 0) is 19.6 Å². The third-order valence-electron chi connectivity index (χ3n) is 5.60. The van der Waals surface area contributed by atoms with Crippen LogP contribution in [0.4, 0.5) is 0 Å². The Morgan fingerprint density at radius 3 is 2.47 bits per heavy atom. The van der Waals surface area contributed by atoms with Crippen molar-refractivity contribution < 1.29 is 9.53 Å². The molecule has 6 nitrogen and oxygen atoms in total. The number of hydrogen-bond donors (Lipinski definition) is 2. The summed E-state index contributed by atoms with van der Waals surface area (Å²) in [7, 11) is 2.09. The number of fused-ring (bicyclic) bond motifs is 1. The van der Waals surface area contributed by atoms with Crippen molar-refractivity contribution in [2.75, 3.05) is 13.7 Å². The van der Waals surface area contributed by atoms with E-state index in [0.717, 1.165) is 24.2 Å². The lowest BCUT2D eigenvalue weighted by Crippen LogP contribution is -2.28. The number of aromatic amines is 1. The number of pyridine rings is 1. The van der Waals surface area contributed by atoms with Crippen molar-refractivity contribution in [2.45, 2.75) is 26.6 Å². The average Bonchev–Trinajstić information content (AvgIpc) is 2.84. The standard InChI is InChI=1S/C28H29N3O3/c1-3-34-23-12-13-26-24(15-23)27(32)25(17-29-26)28(33)30-16-21-10-7-11-22(14-21)19-31(2)18-20-8-5-4-6-9-20/h4-15,17H,3,16,18-19H2,1-2H3,(H,29,32)(H,30,33). The molecule has 0 aliphatic rings. The molecule has 4 aromatic rings. The molecule has 1 aromatic heterocycles. The number of H-pyrrole nitrogens is 1. The van der Waals surface area contributed by atoms with Gasteiger partial charge in [-0.1, -0.05) is 54.6 Å². The van der Waals surface area contributed by atoms with Crippen LogP contribution in [0.25, 0.3) is 10.9 Å². The van der Waals surface area contributed by atoms with Gasteiger partial charge in [-0.05, 0) is 48.9 Å². The summed E-state index contributed by atoms with van der Waals surface area (Å²) >= 11 is 0. The number of amides is 1. The van der Waals surface area contributed by atoms with Gasteiger partial charge in [-0.15, -0.1) is 0 Å². The Morgan fingerprint density at radius 2 is 1.68 bits per heavy atom. The van der Waals surface area contributed by atoms with Gasteiger partial charge in [0.05, 0.1) is 6.61 Å². The first-order valence-electron chi connectivity index (χ1n) is 11.4. The predicted octanol–water partition coefficient (Wildman–Crippen LogP) is 4.49. The van der Waals surface area contributed by atoms with Gasteiger partial charge in [0, 0.05) is 36.7 Å². The van der Waals surface area contributed by atoms with Crippen molar-refractivity contribution in [1.29, 1.82) is 0 Å². The van der Waals surface area contributed by atoms with E-state index in [4.69, 9.17) is 4.74 Å². The van der Waals surface area contributed by atoms with Gasteiger partial charge in [0.1, 0.15) is 11.3 Å². The number of nitrogens with one attached hydrogen (secondary N) is 2. The summed E-state index contributed by atoms with van der Waals surface area (Å²) < 4.78 is 5.49. The third-order valence-corrected chi connectivity index (χ3v) is 5.60. The molecule has 0 atom stereocenters. The first-order valence-corrected chi connectivity index (χ1v) is 11.4. The van der Waals surface area contributed by atoms with Gasteiger partial charge >= 0.3 is 0 Å². The zero-order valence-corrected chi connectivity index (χ0v) is 19.5. The number of aromatic nitrogens is 1. The summed E-state index contributed by atoms with van der Waals surface area (Å²) in [4.78, 5) is 31.0. The highest BCUT2D eigenvalue weighted by atomic mass is 16.5. The molecule has 0 aliphatic carbocycles. The van der Waals surface area contributed by atoms with Crippen LogP contribution in [0.2, 0.25) is 0 Å². The van der Waals surface area contributed by atoms with Crippen LogP contribution >= 0.6 is 0 Å². The highest BCUT2D eigenvalue weighted by Crippen LogP contribution is 2.17. The predicted molar refractivity (Wildman–Crippen MR) is 135 cm³/mol. The second-order valence-corrected chi connectivity index (χ2v) is 8.33. The fourth-order valence-corrected chi connectivity index (χ4v) is 4.00. The van der Waals surface area contributed by atoms with E-state index in [9.17, 15) is 9.59 Å². The molecule has 0 unspecified atom stereocenters. The SMILES string of the molecule is CCOc1ccc2[nH]cc(C(=O)NCc3cccc(CN(C)Cc4ccccc4)c3)c(=O)c2c1. The van der Waals surface area contributed by atoms with Crippen LogP contribution in [-0.4, -0.2) is 29.4 Å². The Kier molecular flexibility index (Phi) is 7.40. The van der Waals surface area contributed by atoms with Gasteiger partial charge < -0.3 is 15.0 Å². The van der Waals surface area contributed by atoms with E-state index in [1.165, 1.54) is 11.8 Å². The maximum absolute atomic E-state index is 12.9. The van der Waals surface area contributed by atoms with E-state index in [0.29, 0.717) is 29.8 Å². The molecule has 0 spiro atoms. The summed E-state index contributed by atoms with van der Waals surface area (Å²) in [5.41, 5.74) is 3.84. The normalized spacial score (nSPS) is 11.0. The monoisotopic (exact) mass is 455 g/mol. The topological polar surface area (TPSA) is 74.4 Å². The summed E-state index contributed by atoms with van der Waals surface area (Å²) in [6.45, 7) is 4.38. The van der Waals surface area contributed by atoms with Crippen molar-refractivity contribution in [1.82, 2.24) is 15.2 Å². The smallest absolute Gasteiger partial charge is 0.257 e. The number of nitrogens with zero attached hydrogens (tertiary/aromatic N) is 1. The lowest BCUT2D eigenvalue weighted by Gasteiger charge is -2.17. The van der Waals surface area contributed by atoms with E-state index in [1.54, 1.807) is 18.2 Å². The number of carbonyl (C=O) groups excluding carboxylic acids is 1. The molecule has 0 fully saturated rings. The number of benzene rings is 3. The van der Waals surface area contributed by atoms with Crippen LogP contribution in [0, 0.1) is 0 Å². The van der Waals surface area contributed by atoms with Crippen molar-refractivity contribution in [3.63, 3.8) is 0 Å². The van der Waals surface area contributed by atoms with E-state index in [2.05, 4.69) is 46.5 Å². The maximum atomic E-state index is 12.9. The molecule has 4 rings (SSSR count). The molecule has 3 aromatic carbocycles. The Morgan fingerprint density at radius 1 is 0.941 bits per heavy atom. The number of carbonyl (C=O) groups is 1. The third kappa shape index (κ3) is 5.71. The molecule has 6 heteroatoms. The molecule has 34 heavy (non-hydrogen) atoms. The summed E-state index contributed by atoms with van der Waals surface area (Å²) in [6.07, 6.45) is 1.47. The number of ether oxygens (including phenoxy) is 1. The zero-order chi connectivity index (χ0) is 23.9. The van der Waals surface area contributed by atoms with E-state index in [-0.39, 0.29) is 11.0 Å². The Bertz CT molecular complexity index is 1330. The minimum atomic E-state index is -0.406. The molecule has 0 saturated carbocycles. The average molecular weight is 456 g/mol. The molecule has 0 bridgehead atoms. The van der Waals surface area contributed by atoms with Crippen molar-refractivity contribution in [3.05, 3.63) is 111 Å². The second kappa shape index (κ2) is 10.8. The quantitative estimate of drug-likeness (QED) is 0.390. The van der Waals surface area contributed by atoms with E-state index in [1.807, 2.05) is 37.3 Å². The zero-order valence-electron chi connectivity index (χ0n) is 19.5. The van der Waals surface area contributed by atoms with Crippen LogP contribution in [0.1, 0.15) is 34.0 Å². The highest BCUT2D eigenvalue weighted by molar-refractivity contribution is 5.97. The van der Waals surface area contributed by atoms with Crippen LogP contribution in [0.3, 0.4) is 0 Å². The number of hydrogen-bond acceptors (Lipinski definition) is 4. The van der Waals surface area contributed by atoms with Crippen LogP contribution in [0.5, 0.6) is 5.75 Å². The van der Waals surface area contributed by atoms with Crippen LogP contribution in [0.15, 0.2) is 83.8 Å². The second-order valence-electron chi connectivity index (χ2n) is 8.33. The van der Waals surface area contributed by atoms with Gasteiger partial charge in [-0.2, -0.15) is 0 Å². The summed E-state index contributed by atoms with van der Waals surface area (Å²) in [5.74, 6) is 0.198. The molecular weight excluding hydrogens is 426 g/mol. The van der Waals surface area contributed by atoms with E-state index >= 15 is 0 Å². The molecule has 2 N–H and O–H groups in total. The molecule has 0 aliphatic heterocycles. The van der Waals surface area contributed by atoms with Crippen molar-refractivity contribution >= 4 is 16.8 Å². The summed E-state index contributed by atoms with van der Waals surface area (Å²) in [6, 6.07) is 23.7. The summed E-state index contributed by atoms with van der Waals surface area (Å²) in [5, 5.41) is 3.31. The fraction of sp³-hybridized carbons (Fsp3) is 0.214. The van der Waals surface area contributed by atoms with Gasteiger partial charge in [0.25, 0.3) is 5.91 Å². The van der Waals surface area contributed by atoms with Gasteiger partial charge in [0.2, 0.25) is 5.43 Å². The first-order chi connectivity index (χ1) is 16.5. The van der Waals surface area contributed by atoms with Crippen molar-refractivity contribution in [2.24, 2.45) is 0 Å². The van der Waals surface area contributed by atoms with E-state index < -0.39 is 5.91 Å². The van der Waals surface area contributed by atoms with Crippen LogP contribution < -0.4 is 15.5 Å². The van der Waals surface area contributed by atoms with Gasteiger partial charge in [-0.3, -0.25) is 14.5 Å². The Balaban J connectivity index is 1.41. The maximum Gasteiger partial charge on any atom is 0.257 e. The Labute approximate surface area is 199 Å². The van der Waals surface area contributed by atoms with Gasteiger partial charge in [0.15, 0.2) is 0 Å². The molecule has 1 amide bonds. The molecule has 0 radical (unpaired) electrons.